The Morgan fingerprint density at radius 2 is 1.50 bits per heavy atom. The van der Waals surface area contributed by atoms with E-state index in [1.54, 1.807) is 5.32 Å². The number of carbonyl (C=O) groups excluding carboxylic acids is 1. The maximum absolute atomic E-state index is 12.3. The van der Waals surface area contributed by atoms with Crippen LogP contribution in [0.2, 0.25) is 0 Å². The summed E-state index contributed by atoms with van der Waals surface area (Å²) in [6.45, 7) is 13.1. The van der Waals surface area contributed by atoms with Gasteiger partial charge in [0, 0.05) is 5.57 Å². The molecule has 2 nitrogen and oxygen atoms in total. The van der Waals surface area contributed by atoms with Gasteiger partial charge in [-0.3, -0.25) is 4.79 Å². The Kier molecular flexibility index (Phi) is 7.25. The van der Waals surface area contributed by atoms with Crippen molar-refractivity contribution < 1.29 is 18.0 Å². The first kappa shape index (κ1) is 16.9. The van der Waals surface area contributed by atoms with Crippen LogP contribution >= 0.6 is 0 Å². The molecule has 92 valence electrons. The molecule has 1 amide bonds. The summed E-state index contributed by atoms with van der Waals surface area (Å²) in [5, 5.41) is 1.77. The number of carbonyl (C=O) groups is 1. The molecule has 0 saturated heterocycles. The van der Waals surface area contributed by atoms with Crippen molar-refractivity contribution in [3.63, 3.8) is 0 Å². The molecule has 1 N–H and O–H groups in total. The molecule has 0 unspecified atom stereocenters. The van der Waals surface area contributed by atoms with Crippen LogP contribution in [0.1, 0.15) is 20.8 Å². The summed E-state index contributed by atoms with van der Waals surface area (Å²) in [6.07, 6.45) is -4.54. The third-order valence-corrected chi connectivity index (χ3v) is 1.41. The lowest BCUT2D eigenvalue weighted by Crippen LogP contribution is -2.32. The van der Waals surface area contributed by atoms with Crippen molar-refractivity contribution in [3.8, 4) is 0 Å². The van der Waals surface area contributed by atoms with Crippen LogP contribution in [0.25, 0.3) is 0 Å². The fraction of sp³-hybridized carbons (Fsp3) is 0.364. The van der Waals surface area contributed by atoms with Crippen molar-refractivity contribution >= 4 is 5.91 Å². The second-order valence-corrected chi connectivity index (χ2v) is 3.11. The molecule has 0 rings (SSSR count). The Balaban J connectivity index is 0. The van der Waals surface area contributed by atoms with Crippen molar-refractivity contribution in [2.24, 2.45) is 0 Å². The van der Waals surface area contributed by atoms with Gasteiger partial charge in [0.25, 0.3) is 5.91 Å². The summed E-state index contributed by atoms with van der Waals surface area (Å²) in [5.41, 5.74) is -0.981. The molecule has 0 aliphatic rings. The molecule has 0 atom stereocenters. The fourth-order valence-electron chi connectivity index (χ4n) is 0.700. The molecule has 0 aromatic carbocycles. The first-order valence-corrected chi connectivity index (χ1v) is 4.37. The number of hydrogen-bond donors (Lipinski definition) is 1. The number of alkyl halides is 3. The highest BCUT2D eigenvalue weighted by Crippen LogP contribution is 2.26. The molecule has 0 heterocycles. The van der Waals surface area contributed by atoms with Crippen LogP contribution in [0.5, 0.6) is 0 Å². The molecule has 0 spiro atoms. The molecule has 0 radical (unpaired) electrons. The normalized spacial score (nSPS) is 9.62. The number of hydrogen-bond acceptors (Lipinski definition) is 1. The number of allylic oxidation sites excluding steroid dienone is 2. The maximum Gasteiger partial charge on any atom is 0.431 e. The third kappa shape index (κ3) is 6.06. The quantitative estimate of drug-likeness (QED) is 0.577. The van der Waals surface area contributed by atoms with Crippen LogP contribution in [0.15, 0.2) is 36.6 Å². The Bertz CT molecular complexity index is 299. The van der Waals surface area contributed by atoms with E-state index in [1.807, 2.05) is 0 Å². The molecule has 0 aliphatic carbocycles. The summed E-state index contributed by atoms with van der Waals surface area (Å²) in [5.74, 6) is -0.821. The van der Waals surface area contributed by atoms with Gasteiger partial charge in [0.1, 0.15) is 5.70 Å². The van der Waals surface area contributed by atoms with Gasteiger partial charge in [0.2, 0.25) is 0 Å². The molecule has 0 aliphatic heterocycles. The molecular formula is C11H16F3NO. The van der Waals surface area contributed by atoms with E-state index in [4.69, 9.17) is 0 Å². The zero-order valence-electron chi connectivity index (χ0n) is 9.66. The lowest BCUT2D eigenvalue weighted by Gasteiger charge is -2.14. The molecule has 5 heteroatoms. The summed E-state index contributed by atoms with van der Waals surface area (Å²) < 4.78 is 36.9. The van der Waals surface area contributed by atoms with Gasteiger partial charge in [0.15, 0.2) is 0 Å². The van der Waals surface area contributed by atoms with Gasteiger partial charge in [-0.2, -0.15) is 13.2 Å². The largest absolute Gasteiger partial charge is 0.431 e. The monoisotopic (exact) mass is 235 g/mol. The summed E-state index contributed by atoms with van der Waals surface area (Å²) in [7, 11) is 0. The first-order valence-electron chi connectivity index (χ1n) is 4.37. The first-order chi connectivity index (χ1) is 7.16. The highest BCUT2D eigenvalue weighted by atomic mass is 19.4. The molecule has 0 fully saturated rings. The van der Waals surface area contributed by atoms with E-state index in [1.165, 1.54) is 20.8 Å². The van der Waals surface area contributed by atoms with E-state index >= 15 is 0 Å². The van der Waals surface area contributed by atoms with Gasteiger partial charge >= 0.3 is 6.18 Å². The Morgan fingerprint density at radius 3 is 1.69 bits per heavy atom. The number of halogens is 3. The number of rotatable bonds is 2. The van der Waals surface area contributed by atoms with Crippen molar-refractivity contribution in [2.75, 3.05) is 0 Å². The van der Waals surface area contributed by atoms with Crippen LogP contribution in [-0.4, -0.2) is 12.1 Å². The van der Waals surface area contributed by atoms with Crippen LogP contribution < -0.4 is 5.32 Å². The van der Waals surface area contributed by atoms with Gasteiger partial charge in [0.05, 0.1) is 0 Å². The Morgan fingerprint density at radius 1 is 1.12 bits per heavy atom. The van der Waals surface area contributed by atoms with Crippen molar-refractivity contribution in [2.45, 2.75) is 26.9 Å². The average molecular weight is 235 g/mol. The Hall–Kier alpha value is -1.52. The average Bonchev–Trinajstić information content (AvgIpc) is 2.14. The van der Waals surface area contributed by atoms with E-state index in [-0.39, 0.29) is 11.1 Å². The van der Waals surface area contributed by atoms with Crippen molar-refractivity contribution in [3.05, 3.63) is 36.6 Å². The molecule has 0 aromatic heterocycles. The van der Waals surface area contributed by atoms with Gasteiger partial charge < -0.3 is 5.32 Å². The van der Waals surface area contributed by atoms with Crippen LogP contribution in [-0.2, 0) is 4.79 Å². The second kappa shape index (κ2) is 6.87. The topological polar surface area (TPSA) is 29.1 Å². The second-order valence-electron chi connectivity index (χ2n) is 3.11. The highest BCUT2D eigenvalue weighted by Gasteiger charge is 2.35. The molecule has 0 saturated carbocycles. The predicted octanol–water partition coefficient (Wildman–Crippen LogP) is 3.34. The van der Waals surface area contributed by atoms with Gasteiger partial charge in [-0.15, -0.1) is 13.2 Å². The standard InChI is InChI=1S/C9H12F3NO.C2H4/c1-5(2)7(9(10,11)12)13-8(14)6(3)4;1-2/h3H2,1-2,4H3,(H,13,14);1-2H2. The minimum Gasteiger partial charge on any atom is -0.318 e. The summed E-state index contributed by atoms with van der Waals surface area (Å²) in [4.78, 5) is 11.0. The molecule has 0 bridgehead atoms. The van der Waals surface area contributed by atoms with Crippen molar-refractivity contribution in [1.29, 1.82) is 0 Å². The maximum atomic E-state index is 12.3. The van der Waals surface area contributed by atoms with Crippen LogP contribution in [0.4, 0.5) is 13.2 Å². The zero-order valence-corrected chi connectivity index (χ0v) is 9.66. The van der Waals surface area contributed by atoms with Gasteiger partial charge in [-0.05, 0) is 26.3 Å². The molecular weight excluding hydrogens is 219 g/mol. The summed E-state index contributed by atoms with van der Waals surface area (Å²) in [6, 6.07) is 0. The van der Waals surface area contributed by atoms with E-state index in [2.05, 4.69) is 19.7 Å². The zero-order chi connectivity index (χ0) is 13.5. The minimum atomic E-state index is -4.54. The van der Waals surface area contributed by atoms with E-state index < -0.39 is 17.8 Å². The van der Waals surface area contributed by atoms with E-state index in [0.717, 1.165) is 0 Å². The van der Waals surface area contributed by atoms with Gasteiger partial charge in [-0.25, -0.2) is 0 Å². The van der Waals surface area contributed by atoms with Gasteiger partial charge in [-0.1, -0.05) is 6.58 Å². The highest BCUT2D eigenvalue weighted by molar-refractivity contribution is 5.93. The predicted molar refractivity (Wildman–Crippen MR) is 58.6 cm³/mol. The molecule has 16 heavy (non-hydrogen) atoms. The van der Waals surface area contributed by atoms with Crippen LogP contribution in [0, 0.1) is 0 Å². The third-order valence-electron chi connectivity index (χ3n) is 1.41. The lowest BCUT2D eigenvalue weighted by molar-refractivity contribution is -0.123. The number of nitrogens with one attached hydrogen (secondary N) is 1. The smallest absolute Gasteiger partial charge is 0.318 e. The summed E-state index contributed by atoms with van der Waals surface area (Å²) >= 11 is 0. The molecule has 0 aromatic rings. The fourth-order valence-corrected chi connectivity index (χ4v) is 0.700. The SMILES string of the molecule is C=C.C=C(C)C(=O)NC(=C(C)C)C(F)(F)F. The minimum absolute atomic E-state index is 0.00657. The Labute approximate surface area is 93.5 Å². The van der Waals surface area contributed by atoms with Crippen molar-refractivity contribution in [1.82, 2.24) is 5.32 Å². The lowest BCUT2D eigenvalue weighted by atomic mass is 10.2. The number of amides is 1. The van der Waals surface area contributed by atoms with E-state index in [9.17, 15) is 18.0 Å². The van der Waals surface area contributed by atoms with E-state index in [0.29, 0.717) is 0 Å². The van der Waals surface area contributed by atoms with Crippen LogP contribution in [0.3, 0.4) is 0 Å².